The third kappa shape index (κ3) is 2.61. The molecule has 0 saturated carbocycles. The summed E-state index contributed by atoms with van der Waals surface area (Å²) in [7, 11) is 0. The molecule has 0 aromatic rings. The molecule has 0 aromatic carbocycles. The number of thioether (sulfide) groups is 1. The van der Waals surface area contributed by atoms with Crippen molar-refractivity contribution in [3.63, 3.8) is 0 Å². The number of nitrogens with zero attached hydrogens (tertiary/aromatic N) is 1. The summed E-state index contributed by atoms with van der Waals surface area (Å²) in [6.07, 6.45) is 2.71. The third-order valence-electron chi connectivity index (χ3n) is 2.51. The van der Waals surface area contributed by atoms with Gasteiger partial charge in [-0.15, -0.1) is 0 Å². The summed E-state index contributed by atoms with van der Waals surface area (Å²) in [5, 5.41) is 0. The van der Waals surface area contributed by atoms with Gasteiger partial charge in [-0.1, -0.05) is 0 Å². The van der Waals surface area contributed by atoms with Crippen LogP contribution in [0.1, 0.15) is 13.3 Å². The lowest BCUT2D eigenvalue weighted by molar-refractivity contribution is -0.129. The van der Waals surface area contributed by atoms with Crippen molar-refractivity contribution in [2.24, 2.45) is 11.7 Å². The molecule has 1 aliphatic heterocycles. The van der Waals surface area contributed by atoms with Gasteiger partial charge in [0, 0.05) is 24.8 Å². The van der Waals surface area contributed by atoms with Crippen LogP contribution in [0.4, 0.5) is 0 Å². The third-order valence-corrected chi connectivity index (χ3v) is 3.33. The van der Waals surface area contributed by atoms with Crippen molar-refractivity contribution in [2.75, 3.05) is 25.1 Å². The Balaban J connectivity index is 2.46. The molecule has 0 bridgehead atoms. The van der Waals surface area contributed by atoms with Crippen LogP contribution in [0.2, 0.25) is 0 Å². The van der Waals surface area contributed by atoms with Crippen molar-refractivity contribution in [1.29, 1.82) is 0 Å². The highest BCUT2D eigenvalue weighted by Gasteiger charge is 2.31. The lowest BCUT2D eigenvalue weighted by Gasteiger charge is -2.23. The monoisotopic (exact) mass is 202 g/mol. The van der Waals surface area contributed by atoms with Gasteiger partial charge in [0.1, 0.15) is 0 Å². The number of hydrogen-bond acceptors (Lipinski definition) is 3. The maximum Gasteiger partial charge on any atom is 0.223 e. The van der Waals surface area contributed by atoms with Crippen LogP contribution in [-0.2, 0) is 4.79 Å². The van der Waals surface area contributed by atoms with E-state index in [1.54, 1.807) is 11.8 Å². The number of amides is 1. The topological polar surface area (TPSA) is 46.3 Å². The maximum atomic E-state index is 11.5. The largest absolute Gasteiger partial charge is 0.339 e. The molecule has 0 aromatic heterocycles. The van der Waals surface area contributed by atoms with Gasteiger partial charge in [0.2, 0.25) is 5.91 Å². The Hall–Kier alpha value is -0.220. The Labute approximate surface area is 84.0 Å². The first-order chi connectivity index (χ1) is 6.19. The fraction of sp³-hybridized carbons (Fsp3) is 0.889. The average molecular weight is 202 g/mol. The second-order valence-electron chi connectivity index (χ2n) is 3.66. The quantitative estimate of drug-likeness (QED) is 0.724. The predicted molar refractivity (Wildman–Crippen MR) is 56.7 cm³/mol. The first kappa shape index (κ1) is 10.9. The number of carbonyl (C=O) groups is 1. The van der Waals surface area contributed by atoms with Crippen molar-refractivity contribution >= 4 is 17.7 Å². The number of likely N-dealkylation sites (tertiary alicyclic amines) is 1. The molecule has 13 heavy (non-hydrogen) atoms. The Morgan fingerprint density at radius 1 is 1.77 bits per heavy atom. The van der Waals surface area contributed by atoms with Crippen LogP contribution in [0.5, 0.6) is 0 Å². The lowest BCUT2D eigenvalue weighted by Crippen LogP contribution is -2.36. The lowest BCUT2D eigenvalue weighted by atomic mass is 10.1. The zero-order valence-electron chi connectivity index (χ0n) is 8.32. The molecule has 2 unspecified atom stereocenters. The fourth-order valence-corrected chi connectivity index (χ4v) is 2.39. The molecule has 0 radical (unpaired) electrons. The summed E-state index contributed by atoms with van der Waals surface area (Å²) >= 11 is 1.78. The summed E-state index contributed by atoms with van der Waals surface area (Å²) in [5.74, 6) is 1.68. The zero-order chi connectivity index (χ0) is 9.84. The molecule has 2 N–H and O–H groups in total. The molecule has 4 heteroatoms. The smallest absolute Gasteiger partial charge is 0.223 e. The standard InChI is InChI=1S/C9H18N2OS/c1-7(6-13-2)11-5-8(4-10)3-9(11)12/h7-8H,3-6,10H2,1-2H3. The van der Waals surface area contributed by atoms with Crippen molar-refractivity contribution in [1.82, 2.24) is 4.90 Å². The molecule has 1 rings (SSSR count). The van der Waals surface area contributed by atoms with E-state index in [4.69, 9.17) is 5.73 Å². The van der Waals surface area contributed by atoms with Crippen LogP contribution in [0.3, 0.4) is 0 Å². The molecular formula is C9H18N2OS. The van der Waals surface area contributed by atoms with E-state index in [1.807, 2.05) is 4.90 Å². The SMILES string of the molecule is CSCC(C)N1CC(CN)CC1=O. The number of nitrogens with two attached hydrogens (primary N) is 1. The van der Waals surface area contributed by atoms with Crippen LogP contribution in [0.15, 0.2) is 0 Å². The molecule has 76 valence electrons. The van der Waals surface area contributed by atoms with Gasteiger partial charge in [-0.25, -0.2) is 0 Å². The van der Waals surface area contributed by atoms with E-state index in [-0.39, 0.29) is 5.91 Å². The molecule has 1 fully saturated rings. The minimum Gasteiger partial charge on any atom is -0.339 e. The number of hydrogen-bond donors (Lipinski definition) is 1. The minimum atomic E-state index is 0.275. The van der Waals surface area contributed by atoms with Gasteiger partial charge in [0.05, 0.1) is 0 Å². The molecular weight excluding hydrogens is 184 g/mol. The molecule has 1 amide bonds. The molecule has 3 nitrogen and oxygen atoms in total. The summed E-state index contributed by atoms with van der Waals surface area (Å²) in [4.78, 5) is 13.5. The Morgan fingerprint density at radius 2 is 2.46 bits per heavy atom. The van der Waals surface area contributed by atoms with E-state index in [1.165, 1.54) is 0 Å². The van der Waals surface area contributed by atoms with Gasteiger partial charge >= 0.3 is 0 Å². The highest BCUT2D eigenvalue weighted by Crippen LogP contribution is 2.20. The predicted octanol–water partition coefficient (Wildman–Crippen LogP) is 0.545. The van der Waals surface area contributed by atoms with Crippen molar-refractivity contribution < 1.29 is 4.79 Å². The average Bonchev–Trinajstić information content (AvgIpc) is 2.47. The van der Waals surface area contributed by atoms with Gasteiger partial charge in [0.15, 0.2) is 0 Å². The first-order valence-corrected chi connectivity index (χ1v) is 6.07. The molecule has 1 heterocycles. The zero-order valence-corrected chi connectivity index (χ0v) is 9.14. The first-order valence-electron chi connectivity index (χ1n) is 4.67. The van der Waals surface area contributed by atoms with Crippen LogP contribution in [-0.4, -0.2) is 41.9 Å². The van der Waals surface area contributed by atoms with Gasteiger partial charge in [-0.05, 0) is 25.6 Å². The summed E-state index contributed by atoms with van der Waals surface area (Å²) in [5.41, 5.74) is 5.55. The van der Waals surface area contributed by atoms with Crippen molar-refractivity contribution in [2.45, 2.75) is 19.4 Å². The van der Waals surface area contributed by atoms with Crippen LogP contribution in [0.25, 0.3) is 0 Å². The van der Waals surface area contributed by atoms with E-state index in [0.29, 0.717) is 24.9 Å². The van der Waals surface area contributed by atoms with Gasteiger partial charge < -0.3 is 10.6 Å². The summed E-state index contributed by atoms with van der Waals surface area (Å²) in [6.45, 7) is 3.60. The Bertz CT molecular complexity index is 186. The molecule has 1 aliphatic rings. The molecule has 0 aliphatic carbocycles. The second-order valence-corrected chi connectivity index (χ2v) is 4.57. The van der Waals surface area contributed by atoms with Crippen molar-refractivity contribution in [3.8, 4) is 0 Å². The Kier molecular flexibility index (Phi) is 4.06. The Morgan fingerprint density at radius 3 is 2.92 bits per heavy atom. The van der Waals surface area contributed by atoms with Crippen molar-refractivity contribution in [3.05, 3.63) is 0 Å². The van der Waals surface area contributed by atoms with Gasteiger partial charge in [-0.3, -0.25) is 4.79 Å². The normalized spacial score (nSPS) is 25.3. The van der Waals surface area contributed by atoms with E-state index in [0.717, 1.165) is 12.3 Å². The number of carbonyl (C=O) groups excluding carboxylic acids is 1. The highest BCUT2D eigenvalue weighted by molar-refractivity contribution is 7.98. The van der Waals surface area contributed by atoms with Crippen LogP contribution >= 0.6 is 11.8 Å². The van der Waals surface area contributed by atoms with E-state index in [9.17, 15) is 4.79 Å². The van der Waals surface area contributed by atoms with E-state index < -0.39 is 0 Å². The number of rotatable bonds is 4. The van der Waals surface area contributed by atoms with Gasteiger partial charge in [-0.2, -0.15) is 11.8 Å². The van der Waals surface area contributed by atoms with E-state index in [2.05, 4.69) is 13.2 Å². The van der Waals surface area contributed by atoms with Crippen LogP contribution in [0, 0.1) is 5.92 Å². The fourth-order valence-electron chi connectivity index (χ4n) is 1.72. The second kappa shape index (κ2) is 4.86. The highest BCUT2D eigenvalue weighted by atomic mass is 32.2. The maximum absolute atomic E-state index is 11.5. The van der Waals surface area contributed by atoms with Gasteiger partial charge in [0.25, 0.3) is 0 Å². The summed E-state index contributed by atoms with van der Waals surface area (Å²) in [6, 6.07) is 0.360. The summed E-state index contributed by atoms with van der Waals surface area (Å²) < 4.78 is 0. The molecule has 2 atom stereocenters. The van der Waals surface area contributed by atoms with Crippen LogP contribution < -0.4 is 5.73 Å². The minimum absolute atomic E-state index is 0.275. The molecule has 0 spiro atoms. The van der Waals surface area contributed by atoms with E-state index >= 15 is 0 Å². The molecule has 1 saturated heterocycles.